The van der Waals surface area contributed by atoms with E-state index in [2.05, 4.69) is 97.5 Å². The third-order valence-corrected chi connectivity index (χ3v) is 7.62. The summed E-state index contributed by atoms with van der Waals surface area (Å²) >= 11 is 0. The van der Waals surface area contributed by atoms with Crippen LogP contribution in [0.25, 0.3) is 33.7 Å². The average molecular weight is 523 g/mol. The first-order chi connectivity index (χ1) is 19.5. The minimum atomic E-state index is -0.0251. The van der Waals surface area contributed by atoms with Gasteiger partial charge in [0.15, 0.2) is 0 Å². The third kappa shape index (κ3) is 3.63. The number of allylic oxidation sites excluding steroid dienone is 4. The summed E-state index contributed by atoms with van der Waals surface area (Å²) in [6, 6.07) is 21.0. The molecule has 6 heteroatoms. The van der Waals surface area contributed by atoms with Gasteiger partial charge in [-0.3, -0.25) is 9.13 Å². The molecule has 0 saturated heterocycles. The molecule has 4 heterocycles. The van der Waals surface area contributed by atoms with Crippen LogP contribution in [-0.4, -0.2) is 29.1 Å². The van der Waals surface area contributed by atoms with Gasteiger partial charge in [-0.1, -0.05) is 59.7 Å². The number of benzene rings is 2. The topological polar surface area (TPSA) is 61.4 Å². The van der Waals surface area contributed by atoms with E-state index in [1.165, 1.54) is 44.4 Å². The van der Waals surface area contributed by atoms with Crippen LogP contribution in [0, 0.1) is 0 Å². The van der Waals surface area contributed by atoms with Crippen LogP contribution in [0.4, 0.5) is 0 Å². The second-order valence-corrected chi connectivity index (χ2v) is 10.8. The van der Waals surface area contributed by atoms with Crippen molar-refractivity contribution in [3.8, 4) is 11.9 Å². The van der Waals surface area contributed by atoms with Crippen LogP contribution in [0.3, 0.4) is 0 Å². The van der Waals surface area contributed by atoms with E-state index in [-0.39, 0.29) is 11.8 Å². The Morgan fingerprint density at radius 1 is 0.550 bits per heavy atom. The lowest BCUT2D eigenvalue weighted by Crippen LogP contribution is -2.21. The Balaban J connectivity index is 1.72. The summed E-state index contributed by atoms with van der Waals surface area (Å²) in [5, 5.41) is 2.41. The molecule has 40 heavy (non-hydrogen) atoms. The number of aromatic nitrogens is 6. The van der Waals surface area contributed by atoms with Crippen molar-refractivity contribution in [2.45, 2.75) is 39.5 Å². The van der Waals surface area contributed by atoms with Gasteiger partial charge in [-0.05, 0) is 63.1 Å². The summed E-state index contributed by atoms with van der Waals surface area (Å²) in [6.45, 7) is 8.69. The Hall–Kier alpha value is -4.84. The zero-order valence-electron chi connectivity index (χ0n) is 23.1. The van der Waals surface area contributed by atoms with Crippen molar-refractivity contribution >= 4 is 21.8 Å². The van der Waals surface area contributed by atoms with E-state index in [4.69, 9.17) is 19.9 Å². The van der Waals surface area contributed by atoms with Crippen molar-refractivity contribution in [1.82, 2.24) is 29.1 Å². The summed E-state index contributed by atoms with van der Waals surface area (Å²) in [4.78, 5) is 19.0. The van der Waals surface area contributed by atoms with Gasteiger partial charge in [-0.25, -0.2) is 19.9 Å². The maximum absolute atomic E-state index is 4.74. The monoisotopic (exact) mass is 522 g/mol. The number of rotatable bonds is 4. The molecule has 6 nitrogen and oxygen atoms in total. The lowest BCUT2D eigenvalue weighted by atomic mass is 9.76. The van der Waals surface area contributed by atoms with E-state index in [0.717, 1.165) is 11.0 Å². The molecule has 0 bridgehead atoms. The summed E-state index contributed by atoms with van der Waals surface area (Å²) in [6.07, 6.45) is 12.0. The maximum Gasteiger partial charge on any atom is 0.234 e. The van der Waals surface area contributed by atoms with Crippen LogP contribution >= 0.6 is 0 Å². The molecular weight excluding hydrogens is 492 g/mol. The highest BCUT2D eigenvalue weighted by Crippen LogP contribution is 2.53. The molecule has 0 fully saturated rings. The molecule has 2 atom stereocenters. The predicted molar refractivity (Wildman–Crippen MR) is 160 cm³/mol. The lowest BCUT2D eigenvalue weighted by Gasteiger charge is -2.30. The molecule has 0 unspecified atom stereocenters. The average Bonchev–Trinajstić information content (AvgIpc) is 3.49. The Bertz CT molecular complexity index is 1790. The normalized spacial score (nSPS) is 16.0. The number of nitrogens with zero attached hydrogens (tertiary/aromatic N) is 6. The first-order valence-electron chi connectivity index (χ1n) is 13.7. The van der Waals surface area contributed by atoms with Crippen LogP contribution in [0.15, 0.2) is 109 Å². The third-order valence-electron chi connectivity index (χ3n) is 7.62. The molecule has 2 aromatic carbocycles. The molecule has 0 spiro atoms. The van der Waals surface area contributed by atoms with Crippen LogP contribution in [0.5, 0.6) is 0 Å². The Morgan fingerprint density at radius 2 is 0.925 bits per heavy atom. The lowest BCUT2D eigenvalue weighted by molar-refractivity contribution is 0.749. The maximum atomic E-state index is 4.74. The zero-order valence-corrected chi connectivity index (χ0v) is 23.1. The van der Waals surface area contributed by atoms with E-state index in [1.54, 1.807) is 0 Å². The van der Waals surface area contributed by atoms with Gasteiger partial charge in [0.1, 0.15) is 0 Å². The smallest absolute Gasteiger partial charge is 0.234 e. The molecule has 0 saturated carbocycles. The van der Waals surface area contributed by atoms with Crippen molar-refractivity contribution < 1.29 is 0 Å². The molecule has 6 aromatic rings. The van der Waals surface area contributed by atoms with Gasteiger partial charge in [0.25, 0.3) is 0 Å². The van der Waals surface area contributed by atoms with Gasteiger partial charge in [-0.2, -0.15) is 0 Å². The van der Waals surface area contributed by atoms with Crippen LogP contribution in [0.2, 0.25) is 0 Å². The molecule has 1 aliphatic rings. The SMILES string of the molecule is CC(C)=C[C@@H]1c2c(n(-c3ncccn3)c3ccccc23)[C@@H](C=C(C)C)c2c1n(-c1ncccn1)c1ccccc21. The molecule has 0 N–H and O–H groups in total. The van der Waals surface area contributed by atoms with Gasteiger partial charge in [0.05, 0.1) is 11.0 Å². The van der Waals surface area contributed by atoms with Gasteiger partial charge in [-0.15, -0.1) is 0 Å². The fourth-order valence-electron chi connectivity index (χ4n) is 6.35. The minimum Gasteiger partial charge on any atom is -0.281 e. The Morgan fingerprint density at radius 3 is 1.30 bits per heavy atom. The van der Waals surface area contributed by atoms with Crippen LogP contribution < -0.4 is 0 Å². The Labute approximate surface area is 233 Å². The zero-order chi connectivity index (χ0) is 27.4. The first-order valence-corrected chi connectivity index (χ1v) is 13.7. The van der Waals surface area contributed by atoms with E-state index in [9.17, 15) is 0 Å². The van der Waals surface area contributed by atoms with Gasteiger partial charge >= 0.3 is 0 Å². The van der Waals surface area contributed by atoms with Crippen molar-refractivity contribution in [2.75, 3.05) is 0 Å². The molecule has 0 aliphatic heterocycles. The number of hydrogen-bond donors (Lipinski definition) is 0. The van der Waals surface area contributed by atoms with Crippen LogP contribution in [0.1, 0.15) is 62.0 Å². The van der Waals surface area contributed by atoms with Gasteiger partial charge in [0.2, 0.25) is 11.9 Å². The second kappa shape index (κ2) is 9.42. The number of fused-ring (bicyclic) bond motifs is 6. The molecule has 1 aliphatic carbocycles. The quantitative estimate of drug-likeness (QED) is 0.223. The molecule has 4 aromatic heterocycles. The van der Waals surface area contributed by atoms with E-state index in [1.807, 2.05) is 36.9 Å². The van der Waals surface area contributed by atoms with Crippen molar-refractivity contribution in [1.29, 1.82) is 0 Å². The summed E-state index contributed by atoms with van der Waals surface area (Å²) in [5.41, 5.74) is 9.69. The largest absolute Gasteiger partial charge is 0.281 e. The predicted octanol–water partition coefficient (Wildman–Crippen LogP) is 7.66. The van der Waals surface area contributed by atoms with Crippen molar-refractivity contribution in [3.05, 3.63) is 131 Å². The standard InChI is InChI=1S/C34H30N6/c1-21(2)19-25-29-23-11-5-7-13-27(23)40(34-37-17-10-18-38-34)32(29)26(20-22(3)4)30-24-12-6-8-14-28(24)39(31(25)30)33-35-15-9-16-36-33/h5-20,25-26H,1-4H3/t25-,26+. The first kappa shape index (κ1) is 24.2. The molecule has 196 valence electrons. The molecular formula is C34H30N6. The molecule has 0 radical (unpaired) electrons. The summed E-state index contributed by atoms with van der Waals surface area (Å²) in [7, 11) is 0. The summed E-state index contributed by atoms with van der Waals surface area (Å²) < 4.78 is 4.54. The summed E-state index contributed by atoms with van der Waals surface area (Å²) in [5.74, 6) is 1.31. The van der Waals surface area contributed by atoms with E-state index >= 15 is 0 Å². The van der Waals surface area contributed by atoms with Gasteiger partial charge in [0, 0.05) is 58.8 Å². The van der Waals surface area contributed by atoms with Gasteiger partial charge < -0.3 is 0 Å². The highest BCUT2D eigenvalue weighted by molar-refractivity contribution is 5.95. The second-order valence-electron chi connectivity index (χ2n) is 10.8. The minimum absolute atomic E-state index is 0.0251. The molecule has 0 amide bonds. The van der Waals surface area contributed by atoms with Crippen molar-refractivity contribution in [2.24, 2.45) is 0 Å². The van der Waals surface area contributed by atoms with Crippen molar-refractivity contribution in [3.63, 3.8) is 0 Å². The van der Waals surface area contributed by atoms with Crippen LogP contribution in [-0.2, 0) is 0 Å². The fourth-order valence-corrected chi connectivity index (χ4v) is 6.35. The number of hydrogen-bond acceptors (Lipinski definition) is 4. The highest BCUT2D eigenvalue weighted by atomic mass is 15.2. The van der Waals surface area contributed by atoms with E-state index < -0.39 is 0 Å². The Kier molecular flexibility index (Phi) is 5.70. The number of para-hydroxylation sites is 2. The molecule has 7 rings (SSSR count). The highest BCUT2D eigenvalue weighted by Gasteiger charge is 2.41. The van der Waals surface area contributed by atoms with E-state index in [0.29, 0.717) is 11.9 Å². The fraction of sp³-hybridized carbons (Fsp3) is 0.176.